The molecule has 1 aliphatic rings. The first-order valence-electron chi connectivity index (χ1n) is 9.55. The summed E-state index contributed by atoms with van der Waals surface area (Å²) in [5.41, 5.74) is 2.25. The van der Waals surface area contributed by atoms with Crippen molar-refractivity contribution in [2.75, 3.05) is 25.4 Å². The van der Waals surface area contributed by atoms with E-state index in [9.17, 15) is 13.4 Å². The fourth-order valence-electron chi connectivity index (χ4n) is 3.77. The average Bonchev–Trinajstić information content (AvgIpc) is 3.08. The van der Waals surface area contributed by atoms with Crippen LogP contribution in [-0.4, -0.2) is 39.5 Å². The number of aromatic amines is 1. The lowest BCUT2D eigenvalue weighted by Gasteiger charge is -2.31. The van der Waals surface area contributed by atoms with E-state index in [1.165, 1.54) is 17.7 Å². The number of nitrogens with zero attached hydrogens (tertiary/aromatic N) is 1. The topological polar surface area (TPSA) is 66.3 Å². The fourth-order valence-corrected chi connectivity index (χ4v) is 4.88. The molecule has 1 saturated heterocycles. The third-order valence-electron chi connectivity index (χ3n) is 5.39. The van der Waals surface area contributed by atoms with Gasteiger partial charge in [-0.05, 0) is 74.2 Å². The first-order chi connectivity index (χ1) is 13.6. The third-order valence-corrected chi connectivity index (χ3v) is 6.73. The van der Waals surface area contributed by atoms with Gasteiger partial charge in [-0.2, -0.15) is 0 Å². The quantitative estimate of drug-likeness (QED) is 0.687. The van der Waals surface area contributed by atoms with Crippen molar-refractivity contribution >= 4 is 21.9 Å². The minimum absolute atomic E-state index is 0.190. The molecule has 0 saturated carbocycles. The number of aromatic nitrogens is 1. The van der Waals surface area contributed by atoms with Crippen LogP contribution in [0, 0.1) is 11.7 Å². The predicted molar refractivity (Wildman–Crippen MR) is 107 cm³/mol. The summed E-state index contributed by atoms with van der Waals surface area (Å²) in [6.07, 6.45) is 3.19. The zero-order valence-corrected chi connectivity index (χ0v) is 16.3. The van der Waals surface area contributed by atoms with E-state index in [4.69, 9.17) is 4.42 Å². The molecule has 0 bridgehead atoms. The average molecular weight is 402 g/mol. The number of rotatable bonds is 6. The molecule has 7 heteroatoms. The highest BCUT2D eigenvalue weighted by Gasteiger charge is 2.20. The summed E-state index contributed by atoms with van der Waals surface area (Å²) in [6, 6.07) is 12.0. The lowest BCUT2D eigenvalue weighted by atomic mass is 9.90. The van der Waals surface area contributed by atoms with Crippen LogP contribution >= 0.6 is 0 Å². The van der Waals surface area contributed by atoms with Crippen LogP contribution in [0.25, 0.3) is 11.1 Å². The Hall–Kier alpha value is -2.25. The molecule has 1 aliphatic heterocycles. The number of benzene rings is 2. The van der Waals surface area contributed by atoms with E-state index in [1.807, 2.05) is 12.1 Å². The van der Waals surface area contributed by atoms with Gasteiger partial charge in [-0.25, -0.2) is 9.18 Å². The number of piperidine rings is 1. The highest BCUT2D eigenvalue weighted by Crippen LogP contribution is 2.22. The Balaban J connectivity index is 1.25. The first kappa shape index (κ1) is 19.1. The molecule has 2 heterocycles. The molecule has 3 aromatic rings. The zero-order chi connectivity index (χ0) is 19.5. The van der Waals surface area contributed by atoms with E-state index in [2.05, 4.69) is 9.88 Å². The third kappa shape index (κ3) is 4.59. The maximum absolute atomic E-state index is 13.0. The summed E-state index contributed by atoms with van der Waals surface area (Å²) in [7, 11) is -1.13. The summed E-state index contributed by atoms with van der Waals surface area (Å²) in [4.78, 5) is 16.9. The van der Waals surface area contributed by atoms with Gasteiger partial charge in [-0.3, -0.25) is 9.19 Å². The van der Waals surface area contributed by atoms with Crippen molar-refractivity contribution < 1.29 is 13.0 Å². The second-order valence-corrected chi connectivity index (χ2v) is 8.91. The monoisotopic (exact) mass is 402 g/mol. The molecule has 1 N–H and O–H groups in total. The molecule has 0 spiro atoms. The molecule has 4 rings (SSSR count). The van der Waals surface area contributed by atoms with Gasteiger partial charge in [0.15, 0.2) is 5.58 Å². The Morgan fingerprint density at radius 3 is 2.64 bits per heavy atom. The SMILES string of the molecule is O=c1[nH]c2ccc([S@](=O)CCN3CCC(Cc4ccc(F)cc4)CC3)cc2o1. The van der Waals surface area contributed by atoms with Crippen LogP contribution in [0.3, 0.4) is 0 Å². The van der Waals surface area contributed by atoms with E-state index in [-0.39, 0.29) is 5.82 Å². The van der Waals surface area contributed by atoms with Crippen molar-refractivity contribution in [3.8, 4) is 0 Å². The summed E-state index contributed by atoms with van der Waals surface area (Å²) in [6.45, 7) is 2.77. The van der Waals surface area contributed by atoms with Crippen molar-refractivity contribution in [2.24, 2.45) is 5.92 Å². The van der Waals surface area contributed by atoms with E-state index in [1.54, 1.807) is 18.2 Å². The number of nitrogens with one attached hydrogen (secondary N) is 1. The molecule has 1 atom stereocenters. The number of oxazole rings is 1. The van der Waals surface area contributed by atoms with E-state index >= 15 is 0 Å². The second-order valence-electron chi connectivity index (χ2n) is 7.34. The van der Waals surface area contributed by atoms with Crippen molar-refractivity contribution in [3.63, 3.8) is 0 Å². The van der Waals surface area contributed by atoms with Gasteiger partial charge in [0.2, 0.25) is 0 Å². The molecule has 0 amide bonds. The first-order valence-corrected chi connectivity index (χ1v) is 10.9. The smallest absolute Gasteiger partial charge is 0.408 e. The minimum Gasteiger partial charge on any atom is -0.408 e. The molecular formula is C21H23FN2O3S. The lowest BCUT2D eigenvalue weighted by molar-refractivity contribution is 0.193. The second kappa shape index (κ2) is 8.41. The normalized spacial score (nSPS) is 17.2. The Kier molecular flexibility index (Phi) is 5.73. The van der Waals surface area contributed by atoms with Crippen LogP contribution in [0.5, 0.6) is 0 Å². The summed E-state index contributed by atoms with van der Waals surface area (Å²) >= 11 is 0. The van der Waals surface area contributed by atoms with E-state index in [0.717, 1.165) is 38.9 Å². The summed E-state index contributed by atoms with van der Waals surface area (Å²) in [5, 5.41) is 0. The molecule has 1 fully saturated rings. The van der Waals surface area contributed by atoms with Gasteiger partial charge in [0.05, 0.1) is 16.3 Å². The summed E-state index contributed by atoms with van der Waals surface area (Å²) < 4.78 is 30.7. The Bertz CT molecular complexity index is 1020. The van der Waals surface area contributed by atoms with Crippen LogP contribution in [0.4, 0.5) is 4.39 Å². The van der Waals surface area contributed by atoms with E-state index in [0.29, 0.717) is 27.7 Å². The van der Waals surface area contributed by atoms with Crippen LogP contribution in [-0.2, 0) is 17.2 Å². The largest absolute Gasteiger partial charge is 0.417 e. The maximum Gasteiger partial charge on any atom is 0.417 e. The molecule has 148 valence electrons. The zero-order valence-electron chi connectivity index (χ0n) is 15.5. The van der Waals surface area contributed by atoms with Gasteiger partial charge in [0, 0.05) is 17.2 Å². The standard InChI is InChI=1S/C21H23FN2O3S/c22-17-3-1-15(2-4-17)13-16-7-9-24(10-8-16)11-12-28(26)18-5-6-19-20(14-18)27-21(25)23-19/h1-6,14,16H,7-13H2,(H,23,25)/t28-/m1/s1. The number of fused-ring (bicyclic) bond motifs is 1. The van der Waals surface area contributed by atoms with E-state index < -0.39 is 16.6 Å². The molecule has 0 unspecified atom stereocenters. The highest BCUT2D eigenvalue weighted by molar-refractivity contribution is 7.85. The number of H-pyrrole nitrogens is 1. The van der Waals surface area contributed by atoms with Crippen molar-refractivity contribution in [2.45, 2.75) is 24.2 Å². The number of hydrogen-bond acceptors (Lipinski definition) is 4. The Morgan fingerprint density at radius 1 is 1.14 bits per heavy atom. The van der Waals surface area contributed by atoms with Gasteiger partial charge in [-0.15, -0.1) is 0 Å². The molecule has 1 aromatic heterocycles. The number of hydrogen-bond donors (Lipinski definition) is 1. The Morgan fingerprint density at radius 2 is 1.89 bits per heavy atom. The lowest BCUT2D eigenvalue weighted by Crippen LogP contribution is -2.36. The van der Waals surface area contributed by atoms with Crippen LogP contribution < -0.4 is 5.76 Å². The molecule has 2 aromatic carbocycles. The highest BCUT2D eigenvalue weighted by atomic mass is 32.2. The van der Waals surface area contributed by atoms with Crippen molar-refractivity contribution in [3.05, 3.63) is 64.4 Å². The van der Waals surface area contributed by atoms with Gasteiger partial charge in [0.1, 0.15) is 5.82 Å². The number of halogens is 1. The van der Waals surface area contributed by atoms with Crippen molar-refractivity contribution in [1.82, 2.24) is 9.88 Å². The van der Waals surface area contributed by atoms with Gasteiger partial charge >= 0.3 is 5.76 Å². The molecule has 0 radical (unpaired) electrons. The minimum atomic E-state index is -1.13. The van der Waals surface area contributed by atoms with Crippen LogP contribution in [0.2, 0.25) is 0 Å². The van der Waals surface area contributed by atoms with Gasteiger partial charge in [-0.1, -0.05) is 12.1 Å². The maximum atomic E-state index is 13.0. The fraction of sp³-hybridized carbons (Fsp3) is 0.381. The van der Waals surface area contributed by atoms with Crippen LogP contribution in [0.15, 0.2) is 56.6 Å². The number of likely N-dealkylation sites (tertiary alicyclic amines) is 1. The molecule has 0 aliphatic carbocycles. The Labute approximate surface area is 165 Å². The predicted octanol–water partition coefficient (Wildman–Crippen LogP) is 3.32. The molecular weight excluding hydrogens is 379 g/mol. The molecule has 28 heavy (non-hydrogen) atoms. The van der Waals surface area contributed by atoms with Gasteiger partial charge < -0.3 is 9.32 Å². The van der Waals surface area contributed by atoms with Gasteiger partial charge in [0.25, 0.3) is 0 Å². The molecule has 5 nitrogen and oxygen atoms in total. The van der Waals surface area contributed by atoms with Crippen molar-refractivity contribution in [1.29, 1.82) is 0 Å². The van der Waals surface area contributed by atoms with Crippen LogP contribution in [0.1, 0.15) is 18.4 Å². The summed E-state index contributed by atoms with van der Waals surface area (Å²) in [5.74, 6) is 0.486.